The fourth-order valence-corrected chi connectivity index (χ4v) is 1.20. The normalized spacial score (nSPS) is 20.6. The monoisotopic (exact) mass is 185 g/mol. The number of imide groups is 1. The highest BCUT2D eigenvalue weighted by Gasteiger charge is 2.26. The SMILES string of the molecule is CC(CN)CN1C(=O)CNCC1=O. The summed E-state index contributed by atoms with van der Waals surface area (Å²) < 4.78 is 0. The number of hydrogen-bond acceptors (Lipinski definition) is 4. The third-order valence-electron chi connectivity index (χ3n) is 2.05. The van der Waals surface area contributed by atoms with E-state index in [2.05, 4.69) is 5.32 Å². The molecule has 1 aliphatic rings. The zero-order valence-corrected chi connectivity index (χ0v) is 7.75. The van der Waals surface area contributed by atoms with E-state index in [1.165, 1.54) is 4.90 Å². The van der Waals surface area contributed by atoms with Crippen LogP contribution in [0.15, 0.2) is 0 Å². The Kier molecular flexibility index (Phi) is 3.39. The summed E-state index contributed by atoms with van der Waals surface area (Å²) in [5, 5.41) is 2.73. The lowest BCUT2D eigenvalue weighted by atomic mass is 10.1. The highest BCUT2D eigenvalue weighted by molar-refractivity contribution is 5.99. The number of piperazine rings is 1. The smallest absolute Gasteiger partial charge is 0.243 e. The zero-order chi connectivity index (χ0) is 9.84. The standard InChI is InChI=1S/C8H15N3O2/c1-6(2-9)5-11-7(12)3-10-4-8(11)13/h6,10H,2-5,9H2,1H3. The van der Waals surface area contributed by atoms with Gasteiger partial charge in [-0.3, -0.25) is 19.8 Å². The van der Waals surface area contributed by atoms with Crippen LogP contribution in [-0.4, -0.2) is 42.9 Å². The first kappa shape index (κ1) is 10.1. The van der Waals surface area contributed by atoms with Gasteiger partial charge in [-0.2, -0.15) is 0 Å². The Bertz CT molecular complexity index is 201. The van der Waals surface area contributed by atoms with Crippen LogP contribution in [-0.2, 0) is 9.59 Å². The van der Waals surface area contributed by atoms with Gasteiger partial charge >= 0.3 is 0 Å². The Morgan fingerprint density at radius 2 is 2.00 bits per heavy atom. The highest BCUT2D eigenvalue weighted by Crippen LogP contribution is 2.01. The van der Waals surface area contributed by atoms with Gasteiger partial charge in [0.25, 0.3) is 0 Å². The number of rotatable bonds is 3. The second-order valence-electron chi connectivity index (χ2n) is 3.34. The maximum Gasteiger partial charge on any atom is 0.243 e. The molecule has 0 radical (unpaired) electrons. The molecule has 1 heterocycles. The number of carbonyl (C=O) groups excluding carboxylic acids is 2. The molecule has 1 atom stereocenters. The molecular weight excluding hydrogens is 170 g/mol. The van der Waals surface area contributed by atoms with Gasteiger partial charge in [0.15, 0.2) is 0 Å². The predicted molar refractivity (Wildman–Crippen MR) is 47.8 cm³/mol. The van der Waals surface area contributed by atoms with E-state index < -0.39 is 0 Å². The van der Waals surface area contributed by atoms with E-state index in [1.54, 1.807) is 0 Å². The quantitative estimate of drug-likeness (QED) is 0.527. The molecule has 1 saturated heterocycles. The molecule has 1 aliphatic heterocycles. The van der Waals surface area contributed by atoms with Crippen molar-refractivity contribution in [3.63, 3.8) is 0 Å². The number of carbonyl (C=O) groups is 2. The topological polar surface area (TPSA) is 75.4 Å². The summed E-state index contributed by atoms with van der Waals surface area (Å²) in [6, 6.07) is 0. The van der Waals surface area contributed by atoms with Gasteiger partial charge in [-0.1, -0.05) is 6.92 Å². The first-order valence-corrected chi connectivity index (χ1v) is 4.39. The number of nitrogens with two attached hydrogens (primary N) is 1. The van der Waals surface area contributed by atoms with Crippen LogP contribution < -0.4 is 11.1 Å². The van der Waals surface area contributed by atoms with Crippen molar-refractivity contribution in [1.29, 1.82) is 0 Å². The summed E-state index contributed by atoms with van der Waals surface area (Å²) in [5.41, 5.74) is 5.42. The van der Waals surface area contributed by atoms with Gasteiger partial charge < -0.3 is 5.73 Å². The third-order valence-corrected chi connectivity index (χ3v) is 2.05. The Morgan fingerprint density at radius 3 is 2.46 bits per heavy atom. The van der Waals surface area contributed by atoms with Crippen molar-refractivity contribution >= 4 is 11.8 Å². The van der Waals surface area contributed by atoms with Crippen LogP contribution in [0.4, 0.5) is 0 Å². The second-order valence-corrected chi connectivity index (χ2v) is 3.34. The summed E-state index contributed by atoms with van der Waals surface area (Å²) in [5.74, 6) is -0.140. The van der Waals surface area contributed by atoms with E-state index in [9.17, 15) is 9.59 Å². The van der Waals surface area contributed by atoms with Crippen molar-refractivity contribution in [2.24, 2.45) is 11.7 Å². The van der Waals surface area contributed by atoms with Crippen LogP contribution in [0.2, 0.25) is 0 Å². The minimum atomic E-state index is -0.156. The summed E-state index contributed by atoms with van der Waals surface area (Å²) in [6.07, 6.45) is 0. The number of amides is 2. The Balaban J connectivity index is 2.54. The molecule has 5 heteroatoms. The summed E-state index contributed by atoms with van der Waals surface area (Å²) in [4.78, 5) is 23.8. The van der Waals surface area contributed by atoms with Crippen LogP contribution in [0.1, 0.15) is 6.92 Å². The molecule has 5 nitrogen and oxygen atoms in total. The van der Waals surface area contributed by atoms with Gasteiger partial charge in [-0.15, -0.1) is 0 Å². The number of nitrogens with zero attached hydrogens (tertiary/aromatic N) is 1. The lowest BCUT2D eigenvalue weighted by molar-refractivity contribution is -0.147. The molecule has 0 aliphatic carbocycles. The average Bonchev–Trinajstić information content (AvgIpc) is 2.11. The molecule has 1 fully saturated rings. The molecule has 0 spiro atoms. The van der Waals surface area contributed by atoms with Crippen molar-refractivity contribution in [3.8, 4) is 0 Å². The van der Waals surface area contributed by atoms with Gasteiger partial charge in [0.2, 0.25) is 11.8 Å². The van der Waals surface area contributed by atoms with Crippen molar-refractivity contribution in [2.75, 3.05) is 26.2 Å². The molecule has 0 bridgehead atoms. The van der Waals surface area contributed by atoms with Gasteiger partial charge in [-0.05, 0) is 12.5 Å². The molecule has 0 aromatic rings. The van der Waals surface area contributed by atoms with Crippen LogP contribution >= 0.6 is 0 Å². The van der Waals surface area contributed by atoms with Crippen LogP contribution in [0.25, 0.3) is 0 Å². The minimum Gasteiger partial charge on any atom is -0.330 e. The van der Waals surface area contributed by atoms with Crippen molar-refractivity contribution in [1.82, 2.24) is 10.2 Å². The van der Waals surface area contributed by atoms with E-state index in [0.717, 1.165) is 0 Å². The lowest BCUT2D eigenvalue weighted by Crippen LogP contribution is -2.53. The molecule has 74 valence electrons. The van der Waals surface area contributed by atoms with Gasteiger partial charge in [0.05, 0.1) is 13.1 Å². The lowest BCUT2D eigenvalue weighted by Gasteiger charge is -2.27. The van der Waals surface area contributed by atoms with Crippen molar-refractivity contribution in [3.05, 3.63) is 0 Å². The Labute approximate surface area is 77.3 Å². The third kappa shape index (κ3) is 2.50. The van der Waals surface area contributed by atoms with Crippen LogP contribution in [0.5, 0.6) is 0 Å². The highest BCUT2D eigenvalue weighted by atomic mass is 16.2. The number of hydrogen-bond donors (Lipinski definition) is 2. The Hall–Kier alpha value is -0.940. The second kappa shape index (κ2) is 4.34. The summed E-state index contributed by atoms with van der Waals surface area (Å²) in [6.45, 7) is 3.36. The van der Waals surface area contributed by atoms with Gasteiger partial charge in [-0.25, -0.2) is 0 Å². The molecule has 13 heavy (non-hydrogen) atoms. The van der Waals surface area contributed by atoms with E-state index in [0.29, 0.717) is 13.1 Å². The Morgan fingerprint density at radius 1 is 1.46 bits per heavy atom. The van der Waals surface area contributed by atoms with Crippen LogP contribution in [0.3, 0.4) is 0 Å². The van der Waals surface area contributed by atoms with E-state index in [1.807, 2.05) is 6.92 Å². The molecule has 0 aromatic heterocycles. The summed E-state index contributed by atoms with van der Waals surface area (Å²) in [7, 11) is 0. The fraction of sp³-hybridized carbons (Fsp3) is 0.750. The molecule has 2 amide bonds. The molecular formula is C8H15N3O2. The predicted octanol–water partition coefficient (Wildman–Crippen LogP) is -1.46. The molecule has 0 aromatic carbocycles. The maximum absolute atomic E-state index is 11.3. The summed E-state index contributed by atoms with van der Waals surface area (Å²) >= 11 is 0. The first-order valence-electron chi connectivity index (χ1n) is 4.39. The van der Waals surface area contributed by atoms with Crippen LogP contribution in [0, 0.1) is 5.92 Å². The van der Waals surface area contributed by atoms with Gasteiger partial charge in [0.1, 0.15) is 0 Å². The zero-order valence-electron chi connectivity index (χ0n) is 7.75. The fourth-order valence-electron chi connectivity index (χ4n) is 1.20. The van der Waals surface area contributed by atoms with Crippen molar-refractivity contribution in [2.45, 2.75) is 6.92 Å². The number of nitrogens with one attached hydrogen (secondary N) is 1. The van der Waals surface area contributed by atoms with E-state index in [4.69, 9.17) is 5.73 Å². The minimum absolute atomic E-state index is 0.156. The average molecular weight is 185 g/mol. The molecule has 3 N–H and O–H groups in total. The molecule has 0 saturated carbocycles. The molecule has 1 rings (SSSR count). The van der Waals surface area contributed by atoms with E-state index in [-0.39, 0.29) is 30.8 Å². The van der Waals surface area contributed by atoms with Crippen molar-refractivity contribution < 1.29 is 9.59 Å². The maximum atomic E-state index is 11.3. The largest absolute Gasteiger partial charge is 0.330 e. The van der Waals surface area contributed by atoms with E-state index >= 15 is 0 Å². The first-order chi connectivity index (χ1) is 6.15. The van der Waals surface area contributed by atoms with Gasteiger partial charge in [0, 0.05) is 6.54 Å². The molecule has 1 unspecified atom stereocenters.